The van der Waals surface area contributed by atoms with Crippen LogP contribution in [-0.4, -0.2) is 56.9 Å². The Morgan fingerprint density at radius 1 is 1.21 bits per heavy atom. The fourth-order valence-electron chi connectivity index (χ4n) is 2.96. The van der Waals surface area contributed by atoms with Crippen LogP contribution in [0.4, 0.5) is 10.5 Å². The van der Waals surface area contributed by atoms with E-state index in [4.69, 9.17) is 21.1 Å². The number of hydrogen-bond acceptors (Lipinski definition) is 7. The van der Waals surface area contributed by atoms with E-state index >= 15 is 0 Å². The summed E-state index contributed by atoms with van der Waals surface area (Å²) in [7, 11) is 3.11. The number of nitrogens with zero attached hydrogens (tertiary/aromatic N) is 5. The van der Waals surface area contributed by atoms with Crippen molar-refractivity contribution in [2.75, 3.05) is 19.5 Å². The highest BCUT2D eigenvalue weighted by Gasteiger charge is 2.20. The van der Waals surface area contributed by atoms with Gasteiger partial charge in [-0.15, -0.1) is 5.10 Å². The molecule has 0 saturated heterocycles. The van der Waals surface area contributed by atoms with Gasteiger partial charge < -0.3 is 19.7 Å². The van der Waals surface area contributed by atoms with Gasteiger partial charge in [0.05, 0.1) is 23.4 Å². The van der Waals surface area contributed by atoms with Crippen LogP contribution >= 0.6 is 11.6 Å². The van der Waals surface area contributed by atoms with Gasteiger partial charge in [0.15, 0.2) is 0 Å². The molecule has 0 bridgehead atoms. The molecule has 0 aliphatic carbocycles. The van der Waals surface area contributed by atoms with E-state index in [1.165, 1.54) is 29.1 Å². The normalized spacial score (nSPS) is 11.1. The highest BCUT2D eigenvalue weighted by Crippen LogP contribution is 2.30. The molecule has 0 spiro atoms. The summed E-state index contributed by atoms with van der Waals surface area (Å²) in [4.78, 5) is 26.6. The maximum atomic E-state index is 13.0. The summed E-state index contributed by atoms with van der Waals surface area (Å²) in [5, 5.41) is 14.1. The van der Waals surface area contributed by atoms with Gasteiger partial charge in [-0.1, -0.05) is 23.7 Å². The smallest absolute Gasteiger partial charge is 0.410 e. The van der Waals surface area contributed by atoms with E-state index in [9.17, 15) is 9.59 Å². The summed E-state index contributed by atoms with van der Waals surface area (Å²) in [6.45, 7) is 5.74. The number of methoxy groups -OCH3 is 1. The number of benzene rings is 2. The summed E-state index contributed by atoms with van der Waals surface area (Å²) in [6.07, 6.45) is 0.958. The van der Waals surface area contributed by atoms with E-state index in [1.807, 2.05) is 26.8 Å². The number of amides is 2. The Morgan fingerprint density at radius 3 is 2.61 bits per heavy atom. The summed E-state index contributed by atoms with van der Waals surface area (Å²) in [5.41, 5.74) is 1.51. The molecule has 10 nitrogen and oxygen atoms in total. The molecule has 0 aliphatic heterocycles. The molecule has 0 atom stereocenters. The van der Waals surface area contributed by atoms with Gasteiger partial charge in [0.2, 0.25) is 0 Å². The van der Waals surface area contributed by atoms with Gasteiger partial charge in [-0.25, -0.2) is 4.79 Å². The molecular weight excluding hydrogens is 448 g/mol. The van der Waals surface area contributed by atoms with Crippen molar-refractivity contribution in [1.29, 1.82) is 0 Å². The van der Waals surface area contributed by atoms with E-state index in [0.717, 1.165) is 5.56 Å². The Hall–Kier alpha value is -3.66. The van der Waals surface area contributed by atoms with Gasteiger partial charge in [0.25, 0.3) is 5.91 Å². The monoisotopic (exact) mass is 472 g/mol. The number of carbonyl (C=O) groups is 2. The third-order valence-corrected chi connectivity index (χ3v) is 4.72. The third-order valence-electron chi connectivity index (χ3n) is 4.42. The fraction of sp³-hybridized carbons (Fsp3) is 0.318. The van der Waals surface area contributed by atoms with Crippen LogP contribution in [0.1, 0.15) is 36.7 Å². The standard InChI is InChI=1S/C22H25ClN6O4/c1-22(2,3)33-21(31)28(4)12-14-7-6-8-15(9-14)25-20(30)16-10-17(23)18(11-19(16)32-5)29-13-24-26-27-29/h6-11,13H,12H2,1-5H3,(H,25,30). The number of anilines is 1. The van der Waals surface area contributed by atoms with Crippen LogP contribution in [0.3, 0.4) is 0 Å². The number of rotatable bonds is 6. The van der Waals surface area contributed by atoms with Crippen molar-refractivity contribution >= 4 is 29.3 Å². The van der Waals surface area contributed by atoms with Crippen molar-refractivity contribution in [2.45, 2.75) is 32.9 Å². The molecule has 3 aromatic rings. The Balaban J connectivity index is 1.76. The predicted octanol–water partition coefficient (Wildman–Crippen LogP) is 3.94. The summed E-state index contributed by atoms with van der Waals surface area (Å²) < 4.78 is 12.1. The summed E-state index contributed by atoms with van der Waals surface area (Å²) >= 11 is 6.35. The van der Waals surface area contributed by atoms with Crippen molar-refractivity contribution in [3.05, 3.63) is 58.9 Å². The number of nitrogens with one attached hydrogen (secondary N) is 1. The first-order chi connectivity index (χ1) is 15.6. The zero-order valence-electron chi connectivity index (χ0n) is 19.0. The minimum absolute atomic E-state index is 0.246. The van der Waals surface area contributed by atoms with Gasteiger partial charge >= 0.3 is 6.09 Å². The molecule has 33 heavy (non-hydrogen) atoms. The van der Waals surface area contributed by atoms with Crippen molar-refractivity contribution in [3.8, 4) is 11.4 Å². The number of aromatic nitrogens is 4. The first kappa shape index (κ1) is 24.0. The minimum atomic E-state index is -0.582. The molecule has 0 aliphatic rings. The lowest BCUT2D eigenvalue weighted by Crippen LogP contribution is -2.33. The maximum absolute atomic E-state index is 13.0. The SMILES string of the molecule is COc1cc(-n2cnnn2)c(Cl)cc1C(=O)Nc1cccc(CN(C)C(=O)OC(C)(C)C)c1. The lowest BCUT2D eigenvalue weighted by Gasteiger charge is -2.24. The highest BCUT2D eigenvalue weighted by molar-refractivity contribution is 6.33. The van der Waals surface area contributed by atoms with Gasteiger partial charge in [-0.05, 0) is 55.0 Å². The Bertz CT molecular complexity index is 1140. The van der Waals surface area contributed by atoms with Crippen LogP contribution in [0.2, 0.25) is 5.02 Å². The molecule has 3 rings (SSSR count). The first-order valence-corrected chi connectivity index (χ1v) is 10.4. The van der Waals surface area contributed by atoms with Crippen molar-refractivity contribution in [1.82, 2.24) is 25.1 Å². The second kappa shape index (κ2) is 9.86. The van der Waals surface area contributed by atoms with Crippen LogP contribution in [0.5, 0.6) is 5.75 Å². The van der Waals surface area contributed by atoms with Crippen LogP contribution in [-0.2, 0) is 11.3 Å². The molecule has 0 radical (unpaired) electrons. The van der Waals surface area contributed by atoms with Gasteiger partial charge in [0.1, 0.15) is 17.7 Å². The largest absolute Gasteiger partial charge is 0.496 e. The van der Waals surface area contributed by atoms with Crippen LogP contribution in [0.15, 0.2) is 42.7 Å². The molecule has 1 aromatic heterocycles. The molecule has 0 saturated carbocycles. The first-order valence-electron chi connectivity index (χ1n) is 10.0. The van der Waals surface area contributed by atoms with Crippen molar-refractivity contribution in [2.24, 2.45) is 0 Å². The average Bonchev–Trinajstić information content (AvgIpc) is 3.27. The molecule has 2 amide bonds. The topological polar surface area (TPSA) is 111 Å². The Morgan fingerprint density at radius 2 is 1.97 bits per heavy atom. The van der Waals surface area contributed by atoms with E-state index in [2.05, 4.69) is 20.8 Å². The lowest BCUT2D eigenvalue weighted by atomic mass is 10.1. The summed E-state index contributed by atoms with van der Waals surface area (Å²) in [5.74, 6) is -0.0992. The van der Waals surface area contributed by atoms with Crippen LogP contribution in [0, 0.1) is 0 Å². The van der Waals surface area contributed by atoms with Crippen LogP contribution < -0.4 is 10.1 Å². The van der Waals surface area contributed by atoms with Crippen molar-refractivity contribution in [3.63, 3.8) is 0 Å². The van der Waals surface area contributed by atoms with E-state index < -0.39 is 17.6 Å². The van der Waals surface area contributed by atoms with Gasteiger partial charge in [-0.2, -0.15) is 4.68 Å². The quantitative estimate of drug-likeness (QED) is 0.578. The average molecular weight is 473 g/mol. The number of tetrazole rings is 1. The number of carbonyl (C=O) groups excluding carboxylic acids is 2. The van der Waals surface area contributed by atoms with Crippen LogP contribution in [0.25, 0.3) is 5.69 Å². The summed E-state index contributed by atoms with van der Waals surface area (Å²) in [6, 6.07) is 10.3. The van der Waals surface area contributed by atoms with E-state index in [0.29, 0.717) is 23.7 Å². The Labute approximate surface area is 196 Å². The Kier molecular flexibility index (Phi) is 7.17. The van der Waals surface area contributed by atoms with Gasteiger partial charge in [0, 0.05) is 25.3 Å². The fourth-order valence-corrected chi connectivity index (χ4v) is 3.21. The molecular formula is C22H25ClN6O4. The number of ether oxygens (including phenoxy) is 2. The molecule has 1 heterocycles. The molecule has 2 aromatic carbocycles. The minimum Gasteiger partial charge on any atom is -0.496 e. The van der Waals surface area contributed by atoms with E-state index in [-0.39, 0.29) is 10.6 Å². The molecule has 1 N–H and O–H groups in total. The third kappa shape index (κ3) is 6.19. The zero-order valence-corrected chi connectivity index (χ0v) is 19.8. The lowest BCUT2D eigenvalue weighted by molar-refractivity contribution is 0.0285. The van der Waals surface area contributed by atoms with Gasteiger partial charge in [-0.3, -0.25) is 4.79 Å². The molecule has 0 unspecified atom stereocenters. The maximum Gasteiger partial charge on any atom is 0.410 e. The molecule has 174 valence electrons. The molecule has 0 fully saturated rings. The predicted molar refractivity (Wildman–Crippen MR) is 123 cm³/mol. The highest BCUT2D eigenvalue weighted by atomic mass is 35.5. The second-order valence-corrected chi connectivity index (χ2v) is 8.66. The van der Waals surface area contributed by atoms with E-state index in [1.54, 1.807) is 31.3 Å². The number of halogens is 1. The second-order valence-electron chi connectivity index (χ2n) is 8.25. The molecule has 11 heteroatoms. The number of hydrogen-bond donors (Lipinski definition) is 1. The van der Waals surface area contributed by atoms with Crippen molar-refractivity contribution < 1.29 is 19.1 Å². The zero-order chi connectivity index (χ0) is 24.2.